The maximum Gasteiger partial charge on any atom is 0.261 e. The Hall–Kier alpha value is -4.86. The number of nitrogens with zero attached hydrogens (tertiary/aromatic N) is 2. The van der Waals surface area contributed by atoms with Gasteiger partial charge in [0.05, 0.1) is 26.5 Å². The van der Waals surface area contributed by atoms with Crippen LogP contribution in [0.1, 0.15) is 28.1 Å². The van der Waals surface area contributed by atoms with Gasteiger partial charge in [0, 0.05) is 43.0 Å². The van der Waals surface area contributed by atoms with E-state index in [1.165, 1.54) is 23.0 Å². The van der Waals surface area contributed by atoms with Crippen molar-refractivity contribution in [2.45, 2.75) is 25.4 Å². The molecule has 43 heavy (non-hydrogen) atoms. The van der Waals surface area contributed by atoms with Gasteiger partial charge in [0.2, 0.25) is 5.91 Å². The number of H-pyrrole nitrogens is 1. The van der Waals surface area contributed by atoms with E-state index in [0.717, 1.165) is 54.9 Å². The van der Waals surface area contributed by atoms with Crippen molar-refractivity contribution < 1.29 is 9.59 Å². The minimum absolute atomic E-state index is 0.111. The third-order valence-electron chi connectivity index (χ3n) is 7.65. The third kappa shape index (κ3) is 6.48. The maximum atomic E-state index is 12.7. The van der Waals surface area contributed by atoms with E-state index < -0.39 is 0 Å². The van der Waals surface area contributed by atoms with Gasteiger partial charge in [0.25, 0.3) is 11.5 Å². The molecule has 8 nitrogen and oxygen atoms in total. The van der Waals surface area contributed by atoms with Crippen molar-refractivity contribution >= 4 is 39.1 Å². The zero-order valence-electron chi connectivity index (χ0n) is 23.5. The molecule has 4 heterocycles. The lowest BCUT2D eigenvalue weighted by Crippen LogP contribution is -2.44. The van der Waals surface area contributed by atoms with Crippen LogP contribution in [-0.2, 0) is 11.3 Å². The number of carbonyl (C=O) groups excluding carboxylic acids is 2. The highest BCUT2D eigenvalue weighted by molar-refractivity contribution is 7.18. The number of hydrogen-bond donors (Lipinski definition) is 3. The highest BCUT2D eigenvalue weighted by Gasteiger charge is 2.22. The van der Waals surface area contributed by atoms with Gasteiger partial charge in [-0.25, -0.2) is 4.98 Å². The topological polar surface area (TPSA) is 107 Å². The van der Waals surface area contributed by atoms with Crippen molar-refractivity contribution in [2.24, 2.45) is 0 Å². The molecule has 6 rings (SSSR count). The molecular weight excluding hydrogens is 558 g/mol. The van der Waals surface area contributed by atoms with Crippen molar-refractivity contribution in [1.29, 1.82) is 0 Å². The van der Waals surface area contributed by atoms with Gasteiger partial charge in [-0.2, -0.15) is 0 Å². The monoisotopic (exact) mass is 589 g/mol. The van der Waals surface area contributed by atoms with E-state index in [2.05, 4.69) is 51.4 Å². The molecule has 0 unspecified atom stereocenters. The lowest BCUT2D eigenvalue weighted by molar-refractivity contribution is -0.111. The Morgan fingerprint density at radius 1 is 1.00 bits per heavy atom. The largest absolute Gasteiger partial charge is 0.349 e. The Bertz CT molecular complexity index is 1840. The van der Waals surface area contributed by atoms with Gasteiger partial charge in [-0.05, 0) is 54.3 Å². The molecule has 1 saturated heterocycles. The number of likely N-dealkylation sites (tertiary alicyclic amines) is 1. The summed E-state index contributed by atoms with van der Waals surface area (Å²) in [5, 5.41) is 7.03. The molecule has 2 amide bonds. The molecule has 2 aromatic carbocycles. The molecule has 1 aliphatic heterocycles. The van der Waals surface area contributed by atoms with Gasteiger partial charge < -0.3 is 15.6 Å². The van der Waals surface area contributed by atoms with E-state index in [9.17, 15) is 14.4 Å². The summed E-state index contributed by atoms with van der Waals surface area (Å²) in [4.78, 5) is 47.4. The second kappa shape index (κ2) is 12.6. The van der Waals surface area contributed by atoms with Crippen LogP contribution < -0.4 is 16.2 Å². The number of fused-ring (bicyclic) bond motifs is 1. The first-order chi connectivity index (χ1) is 21.0. The van der Waals surface area contributed by atoms with E-state index in [-0.39, 0.29) is 23.4 Å². The van der Waals surface area contributed by atoms with Gasteiger partial charge in [-0.1, -0.05) is 61.2 Å². The number of hydrogen-bond acceptors (Lipinski definition) is 6. The Kier molecular flexibility index (Phi) is 8.26. The first-order valence-corrected chi connectivity index (χ1v) is 15.0. The number of nitrogens with one attached hydrogen (secondary N) is 3. The zero-order valence-corrected chi connectivity index (χ0v) is 24.3. The van der Waals surface area contributed by atoms with Gasteiger partial charge in [0.15, 0.2) is 0 Å². The Labute approximate surface area is 253 Å². The first-order valence-electron chi connectivity index (χ1n) is 14.2. The minimum atomic E-state index is -0.295. The van der Waals surface area contributed by atoms with Crippen LogP contribution in [0.4, 0.5) is 5.00 Å². The van der Waals surface area contributed by atoms with E-state index in [1.807, 2.05) is 42.5 Å². The second-order valence-electron chi connectivity index (χ2n) is 10.6. The number of amides is 2. The lowest BCUT2D eigenvalue weighted by atomic mass is 9.97. The smallest absolute Gasteiger partial charge is 0.261 e. The van der Waals surface area contributed by atoms with Crippen LogP contribution in [0.3, 0.4) is 0 Å². The molecule has 0 radical (unpaired) electrons. The average molecular weight is 590 g/mol. The number of anilines is 1. The maximum absolute atomic E-state index is 12.7. The van der Waals surface area contributed by atoms with Crippen molar-refractivity contribution in [3.05, 3.63) is 119 Å². The summed E-state index contributed by atoms with van der Waals surface area (Å²) in [6, 6.07) is 25.8. The molecule has 1 fully saturated rings. The van der Waals surface area contributed by atoms with Crippen molar-refractivity contribution in [3.8, 4) is 22.4 Å². The highest BCUT2D eigenvalue weighted by atomic mass is 32.1. The highest BCUT2D eigenvalue weighted by Crippen LogP contribution is 2.33. The summed E-state index contributed by atoms with van der Waals surface area (Å²) in [7, 11) is 0. The number of pyridine rings is 2. The Morgan fingerprint density at radius 2 is 1.77 bits per heavy atom. The number of piperidine rings is 1. The fourth-order valence-corrected chi connectivity index (χ4v) is 6.20. The van der Waals surface area contributed by atoms with E-state index in [0.29, 0.717) is 20.8 Å². The summed E-state index contributed by atoms with van der Waals surface area (Å²) >= 11 is 1.25. The van der Waals surface area contributed by atoms with Crippen LogP contribution in [0, 0.1) is 0 Å². The van der Waals surface area contributed by atoms with Crippen LogP contribution in [-0.4, -0.2) is 45.8 Å². The number of aromatic nitrogens is 2. The third-order valence-corrected chi connectivity index (χ3v) is 8.65. The SMILES string of the molecule is C=CC(=O)Nc1ccc(C(=O)NC2CCN(Cc3ccc(-c4nc5cc[nH]c(=O)c5cc4-c4ccccc4)cc3)CC2)s1. The first kappa shape index (κ1) is 28.3. The number of aromatic amines is 1. The van der Waals surface area contributed by atoms with Gasteiger partial charge in [0.1, 0.15) is 0 Å². The van der Waals surface area contributed by atoms with Crippen molar-refractivity contribution in [1.82, 2.24) is 20.2 Å². The Morgan fingerprint density at radius 3 is 2.51 bits per heavy atom. The summed E-state index contributed by atoms with van der Waals surface area (Å²) in [5.41, 5.74) is 5.48. The van der Waals surface area contributed by atoms with E-state index >= 15 is 0 Å². The standard InChI is InChI=1S/C34H31N5O3S/c1-2-30(40)38-31-13-12-29(43-31)34(42)36-25-15-18-39(19-16-25)21-22-8-10-24(11-9-22)32-26(23-6-4-3-5-7-23)20-27-28(37-32)14-17-35-33(27)41/h2-14,17,20,25H,1,15-16,18-19,21H2,(H,35,41)(H,36,42)(H,38,40). The van der Waals surface area contributed by atoms with E-state index in [4.69, 9.17) is 4.98 Å². The lowest BCUT2D eigenvalue weighted by Gasteiger charge is -2.32. The van der Waals surface area contributed by atoms with Crippen LogP contribution in [0.25, 0.3) is 33.3 Å². The van der Waals surface area contributed by atoms with Gasteiger partial charge in [-0.3, -0.25) is 19.3 Å². The van der Waals surface area contributed by atoms with Crippen LogP contribution in [0.5, 0.6) is 0 Å². The fourth-order valence-electron chi connectivity index (χ4n) is 5.39. The quantitative estimate of drug-likeness (QED) is 0.197. The second-order valence-corrected chi connectivity index (χ2v) is 11.7. The molecule has 216 valence electrons. The molecule has 0 bridgehead atoms. The van der Waals surface area contributed by atoms with Crippen LogP contribution >= 0.6 is 11.3 Å². The molecule has 0 aliphatic carbocycles. The number of rotatable bonds is 8. The molecular formula is C34H31N5O3S. The van der Waals surface area contributed by atoms with Gasteiger partial charge >= 0.3 is 0 Å². The zero-order chi connectivity index (χ0) is 29.8. The molecule has 3 N–H and O–H groups in total. The van der Waals surface area contributed by atoms with Crippen molar-refractivity contribution in [3.63, 3.8) is 0 Å². The van der Waals surface area contributed by atoms with Crippen LogP contribution in [0.15, 0.2) is 103 Å². The molecule has 1 aliphatic rings. The average Bonchev–Trinajstić information content (AvgIpc) is 3.51. The summed E-state index contributed by atoms with van der Waals surface area (Å²) in [6.07, 6.45) is 4.58. The molecule has 0 atom stereocenters. The molecule has 9 heteroatoms. The minimum Gasteiger partial charge on any atom is -0.349 e. The number of thiophene rings is 1. The molecule has 5 aromatic rings. The summed E-state index contributed by atoms with van der Waals surface area (Å²) in [5.74, 6) is -0.407. The summed E-state index contributed by atoms with van der Waals surface area (Å²) < 4.78 is 0. The number of benzene rings is 2. The molecule has 0 saturated carbocycles. The molecule has 0 spiro atoms. The Balaban J connectivity index is 1.10. The normalized spacial score (nSPS) is 14.0. The molecule has 3 aromatic heterocycles. The predicted molar refractivity (Wildman–Crippen MR) is 172 cm³/mol. The van der Waals surface area contributed by atoms with E-state index in [1.54, 1.807) is 18.3 Å². The summed E-state index contributed by atoms with van der Waals surface area (Å²) in [6.45, 7) is 6.04. The number of carbonyl (C=O) groups is 2. The van der Waals surface area contributed by atoms with Crippen molar-refractivity contribution in [2.75, 3.05) is 18.4 Å². The van der Waals surface area contributed by atoms with Gasteiger partial charge in [-0.15, -0.1) is 11.3 Å². The predicted octanol–water partition coefficient (Wildman–Crippen LogP) is 5.84. The van der Waals surface area contributed by atoms with Crippen LogP contribution in [0.2, 0.25) is 0 Å². The fraction of sp³-hybridized carbons (Fsp3) is 0.176.